The van der Waals surface area contributed by atoms with Crippen LogP contribution in [-0.4, -0.2) is 193 Å². The summed E-state index contributed by atoms with van der Waals surface area (Å²) in [4.78, 5) is 145. The summed E-state index contributed by atoms with van der Waals surface area (Å²) >= 11 is 0. The van der Waals surface area contributed by atoms with E-state index in [-0.39, 0.29) is 63.9 Å². The second-order valence-electron chi connectivity index (χ2n) is 19.6. The van der Waals surface area contributed by atoms with Gasteiger partial charge in [0, 0.05) is 44.2 Å². The van der Waals surface area contributed by atoms with Crippen LogP contribution in [-0.2, 0) is 67.2 Å². The number of aliphatic carboxylic acids is 1. The number of rotatable bonds is 29. The third-order valence-corrected chi connectivity index (χ3v) is 13.6. The van der Waals surface area contributed by atoms with Gasteiger partial charge in [-0.1, -0.05) is 42.5 Å². The molecular formula is C52H73N13O14. The fraction of sp³-hybridized carbons (Fsp3) is 0.519. The van der Waals surface area contributed by atoms with Crippen molar-refractivity contribution < 1.29 is 68.4 Å². The predicted octanol–water partition coefficient (Wildman–Crippen LogP) is -3.92. The molecule has 27 nitrogen and oxygen atoms in total. The highest BCUT2D eigenvalue weighted by Gasteiger charge is 2.44. The van der Waals surface area contributed by atoms with Crippen LogP contribution >= 0.6 is 0 Å². The number of H-pyrrole nitrogens is 1. The lowest BCUT2D eigenvalue weighted by molar-refractivity contribution is -0.148. The first-order valence-electron chi connectivity index (χ1n) is 26.2. The lowest BCUT2D eigenvalue weighted by atomic mass is 10.0. The number of phenolic OH excluding ortho intramolecular Hbond substituents is 1. The molecule has 0 spiro atoms. The van der Waals surface area contributed by atoms with E-state index in [9.17, 15) is 68.4 Å². The van der Waals surface area contributed by atoms with Crippen molar-refractivity contribution in [3.63, 3.8) is 0 Å². The second kappa shape index (κ2) is 30.2. The van der Waals surface area contributed by atoms with Gasteiger partial charge in [-0.05, 0) is 88.6 Å². The number of nitrogens with one attached hydrogen (secondary N) is 8. The third-order valence-electron chi connectivity index (χ3n) is 13.6. The van der Waals surface area contributed by atoms with Gasteiger partial charge in [-0.15, -0.1) is 0 Å². The average molecular weight is 1100 g/mol. The fourth-order valence-electron chi connectivity index (χ4n) is 9.15. The maximum absolute atomic E-state index is 14.4. The van der Waals surface area contributed by atoms with Crippen molar-refractivity contribution in [2.75, 3.05) is 32.8 Å². The summed E-state index contributed by atoms with van der Waals surface area (Å²) < 4.78 is 0. The molecule has 16 N–H and O–H groups in total. The summed E-state index contributed by atoms with van der Waals surface area (Å²) in [5, 5.41) is 57.5. The molecule has 2 fully saturated rings. The molecule has 2 aromatic carbocycles. The van der Waals surface area contributed by atoms with E-state index in [1.165, 1.54) is 60.4 Å². The van der Waals surface area contributed by atoms with E-state index in [2.05, 4.69) is 47.2 Å². The van der Waals surface area contributed by atoms with E-state index < -0.39 is 133 Å². The van der Waals surface area contributed by atoms with Gasteiger partial charge >= 0.3 is 5.97 Å². The van der Waals surface area contributed by atoms with E-state index in [0.29, 0.717) is 42.5 Å². The number of nitrogens with two attached hydrogens (primary N) is 2. The lowest BCUT2D eigenvalue weighted by Gasteiger charge is -2.33. The van der Waals surface area contributed by atoms with Gasteiger partial charge in [0.2, 0.25) is 53.2 Å². The standard InChI is InChI=1S/C52H73N13O14/c1-29(58-49(75)43(54)30(2)67)50(76)65-21-9-14-41(65)51(77)64-20-8-13-40(64)48(74)63-39(27-66)47(73)60-35(12-6-7-19-53)45(71)62-37(22-31-10-4-3-5-11-31)46(72)61-36(23-32-15-17-34(68)18-16-32)44(70)56-26-42(69)59-38(52(78)79)24-33-25-55-28-57-33/h3-5,10-11,15-18,25,28-30,35-41,43,66-68H,6-9,12-14,19-24,26-27,53-54H2,1-2H3,(H,55,57)(H,56,70)(H,58,75)(H,59,69)(H,60,73)(H,61,72)(H,62,71)(H,63,74)(H,78,79)/t29-,30+,35-,36-,37-,38-,39-,40-,41-,43-/m0/s1. The molecule has 1 aromatic heterocycles. The molecule has 3 aromatic rings. The van der Waals surface area contributed by atoms with Crippen molar-refractivity contribution in [1.29, 1.82) is 0 Å². The number of aromatic hydroxyl groups is 1. The number of carboxylic acid groups (broad SMARTS) is 1. The van der Waals surface area contributed by atoms with Gasteiger partial charge in [-0.3, -0.25) is 43.2 Å². The highest BCUT2D eigenvalue weighted by Crippen LogP contribution is 2.26. The Kier molecular flexibility index (Phi) is 23.7. The number of aliphatic hydroxyl groups excluding tert-OH is 2. The van der Waals surface area contributed by atoms with Gasteiger partial charge in [-0.2, -0.15) is 0 Å². The molecule has 0 bridgehead atoms. The number of amides is 9. The van der Waals surface area contributed by atoms with Crippen molar-refractivity contribution >= 4 is 59.1 Å². The number of carboxylic acids is 1. The normalized spacial score (nSPS) is 18.1. The minimum Gasteiger partial charge on any atom is -0.508 e. The number of hydrogen-bond donors (Lipinski definition) is 14. The van der Waals surface area contributed by atoms with Crippen LogP contribution in [0.15, 0.2) is 67.1 Å². The Morgan fingerprint density at radius 3 is 1.90 bits per heavy atom. The van der Waals surface area contributed by atoms with Crippen LogP contribution in [0.3, 0.4) is 0 Å². The minimum atomic E-state index is -1.63. The number of nitrogens with zero attached hydrogens (tertiary/aromatic N) is 3. The van der Waals surface area contributed by atoms with E-state index in [1.807, 2.05) is 0 Å². The molecule has 0 radical (unpaired) electrons. The molecule has 0 saturated carbocycles. The summed E-state index contributed by atoms with van der Waals surface area (Å²) in [6.07, 6.45) is 3.14. The Bertz CT molecular complexity index is 2570. The van der Waals surface area contributed by atoms with Crippen molar-refractivity contribution in [2.24, 2.45) is 11.5 Å². The molecule has 5 rings (SSSR count). The van der Waals surface area contributed by atoms with Crippen LogP contribution in [0, 0.1) is 0 Å². The third kappa shape index (κ3) is 18.3. The van der Waals surface area contributed by atoms with Gasteiger partial charge in [-0.25, -0.2) is 9.78 Å². The smallest absolute Gasteiger partial charge is 0.326 e. The molecule has 2 aliphatic heterocycles. The van der Waals surface area contributed by atoms with Crippen LogP contribution in [0.5, 0.6) is 5.75 Å². The predicted molar refractivity (Wildman–Crippen MR) is 281 cm³/mol. The molecule has 3 heterocycles. The van der Waals surface area contributed by atoms with Crippen LogP contribution in [0.2, 0.25) is 0 Å². The largest absolute Gasteiger partial charge is 0.508 e. The maximum Gasteiger partial charge on any atom is 0.326 e. The number of benzene rings is 2. The number of carbonyl (C=O) groups is 10. The van der Waals surface area contributed by atoms with Crippen LogP contribution in [0.1, 0.15) is 75.6 Å². The molecular weight excluding hydrogens is 1030 g/mol. The van der Waals surface area contributed by atoms with Crippen LogP contribution in [0.25, 0.3) is 0 Å². The summed E-state index contributed by atoms with van der Waals surface area (Å²) in [6, 6.07) is 2.60. The molecule has 0 aliphatic carbocycles. The van der Waals surface area contributed by atoms with Crippen LogP contribution < -0.4 is 48.7 Å². The fourth-order valence-corrected chi connectivity index (χ4v) is 9.15. The number of aromatic nitrogens is 2. The Hall–Kier alpha value is -8.01. The number of aromatic amines is 1. The van der Waals surface area contributed by atoms with E-state index in [4.69, 9.17) is 11.5 Å². The summed E-state index contributed by atoms with van der Waals surface area (Å²) in [7, 11) is 0. The van der Waals surface area contributed by atoms with Crippen molar-refractivity contribution in [3.8, 4) is 5.75 Å². The molecule has 79 heavy (non-hydrogen) atoms. The quantitative estimate of drug-likeness (QED) is 0.0295. The second-order valence-corrected chi connectivity index (χ2v) is 19.6. The highest BCUT2D eigenvalue weighted by atomic mass is 16.4. The molecule has 0 unspecified atom stereocenters. The SMILES string of the molecule is C[C@H](NC(=O)[C@@H](N)[C@@H](C)O)C(=O)N1CCC[C@H]1C(=O)N1CCC[C@H]1C(=O)N[C@@H](CO)C(=O)N[C@@H](CCCCN)C(=O)N[C@@H](Cc1ccccc1)C(=O)N[C@@H](Cc1ccc(O)cc1)C(=O)NCC(=O)N[C@@H](Cc1cnc[nH]1)C(=O)O. The summed E-state index contributed by atoms with van der Waals surface area (Å²) in [6.45, 7) is 1.70. The maximum atomic E-state index is 14.4. The summed E-state index contributed by atoms with van der Waals surface area (Å²) in [5.74, 6) is -8.47. The van der Waals surface area contributed by atoms with Crippen LogP contribution in [0.4, 0.5) is 0 Å². The molecule has 2 saturated heterocycles. The number of carbonyl (C=O) groups excluding carboxylic acids is 9. The number of imidazole rings is 1. The Morgan fingerprint density at radius 2 is 1.29 bits per heavy atom. The Morgan fingerprint density at radius 1 is 0.696 bits per heavy atom. The zero-order valence-corrected chi connectivity index (χ0v) is 44.1. The van der Waals surface area contributed by atoms with E-state index in [1.54, 1.807) is 30.3 Å². The number of phenols is 1. The van der Waals surface area contributed by atoms with Gasteiger partial charge in [0.05, 0.1) is 25.6 Å². The number of likely N-dealkylation sites (tertiary alicyclic amines) is 2. The Balaban J connectivity index is 1.28. The molecule has 2 aliphatic rings. The van der Waals surface area contributed by atoms with Gasteiger partial charge in [0.1, 0.15) is 60.1 Å². The molecule has 27 heteroatoms. The average Bonchev–Trinajstić information content (AvgIpc) is 4.34. The van der Waals surface area contributed by atoms with E-state index >= 15 is 0 Å². The van der Waals surface area contributed by atoms with Gasteiger partial charge in [0.25, 0.3) is 0 Å². The topological polar surface area (TPSA) is 423 Å². The number of unbranched alkanes of at least 4 members (excludes halogenated alkanes) is 1. The van der Waals surface area contributed by atoms with Crippen molar-refractivity contribution in [2.45, 2.75) is 139 Å². The van der Waals surface area contributed by atoms with Gasteiger partial charge in [0.15, 0.2) is 0 Å². The monoisotopic (exact) mass is 1100 g/mol. The molecule has 10 atom stereocenters. The Labute approximate surface area is 455 Å². The number of aliphatic hydroxyl groups is 2. The summed E-state index contributed by atoms with van der Waals surface area (Å²) in [5.41, 5.74) is 13.0. The lowest BCUT2D eigenvalue weighted by Crippen LogP contribution is -2.60. The van der Waals surface area contributed by atoms with Crippen molar-refractivity contribution in [1.82, 2.24) is 57.0 Å². The van der Waals surface area contributed by atoms with Crippen molar-refractivity contribution in [3.05, 3.63) is 83.9 Å². The van der Waals surface area contributed by atoms with E-state index in [0.717, 1.165) is 0 Å². The zero-order chi connectivity index (χ0) is 57.8. The zero-order valence-electron chi connectivity index (χ0n) is 44.1. The number of hydrogen-bond acceptors (Lipinski definition) is 16. The van der Waals surface area contributed by atoms with Gasteiger partial charge < -0.3 is 83.9 Å². The minimum absolute atomic E-state index is 0.0176. The first kappa shape index (κ1) is 61.8. The molecule has 430 valence electrons. The molecule has 9 amide bonds. The first-order chi connectivity index (χ1) is 37.7. The first-order valence-corrected chi connectivity index (χ1v) is 26.2. The highest BCUT2D eigenvalue weighted by molar-refractivity contribution is 5.98.